The second kappa shape index (κ2) is 18.3. The molecule has 0 aromatic carbocycles. The smallest absolute Gasteiger partial charge is 0.548 e. The Balaban J connectivity index is -0.000000271. The van der Waals surface area contributed by atoms with E-state index in [-0.39, 0.29) is 33.1 Å². The van der Waals surface area contributed by atoms with Gasteiger partial charge in [-0.15, -0.1) is 0 Å². The van der Waals surface area contributed by atoms with Gasteiger partial charge in [0.1, 0.15) is 7.47 Å². The van der Waals surface area contributed by atoms with Crippen LogP contribution in [0.5, 0.6) is 0 Å². The van der Waals surface area contributed by atoms with E-state index in [1.165, 1.54) is 25.7 Å². The van der Waals surface area contributed by atoms with Gasteiger partial charge in [0.15, 0.2) is 0 Å². The average Bonchev–Trinajstić information content (AvgIpc) is 2.41. The van der Waals surface area contributed by atoms with Gasteiger partial charge >= 0.3 is 21.1 Å². The largest absolute Gasteiger partial charge is 2.00 e. The van der Waals surface area contributed by atoms with E-state index in [1.807, 2.05) is 0 Å². The van der Waals surface area contributed by atoms with Crippen molar-refractivity contribution in [3.8, 4) is 0 Å². The predicted octanol–water partition coefficient (Wildman–Crippen LogP) is 0.697. The van der Waals surface area contributed by atoms with Gasteiger partial charge < -0.3 is 31.3 Å². The molecular formula is C12H20Br4N2O4Pt. The van der Waals surface area contributed by atoms with E-state index in [2.05, 4.69) is 63.7 Å². The van der Waals surface area contributed by atoms with Crippen LogP contribution in [-0.2, 0) is 30.7 Å². The number of carboxylic acid groups (broad SMARTS) is 2. The number of carbonyl (C=O) groups excluding carboxylic acids is 2. The van der Waals surface area contributed by atoms with Gasteiger partial charge in [0.25, 0.3) is 0 Å². The van der Waals surface area contributed by atoms with Crippen LogP contribution in [0.3, 0.4) is 0 Å². The second-order valence-electron chi connectivity index (χ2n) is 4.56. The molecule has 0 radical (unpaired) electrons. The minimum absolute atomic E-state index is 0. The SMILES string of the molecule is NC1CCCCCCC1N.O=C([O-])C(Br)Br.O=C([O-])C(Br)Br.[Pt+2]. The fourth-order valence-corrected chi connectivity index (χ4v) is 1.54. The van der Waals surface area contributed by atoms with Gasteiger partial charge in [-0.05, 0) is 12.8 Å². The molecule has 0 saturated heterocycles. The average molecular weight is 771 g/mol. The third-order valence-electron chi connectivity index (χ3n) is 2.73. The summed E-state index contributed by atoms with van der Waals surface area (Å²) in [7, 11) is 0. The molecule has 0 aromatic heterocycles. The second-order valence-corrected chi connectivity index (χ2v) is 10.7. The first-order valence-electron chi connectivity index (χ1n) is 6.58. The molecule has 1 aliphatic carbocycles. The zero-order valence-corrected chi connectivity index (χ0v) is 20.8. The molecule has 11 heteroatoms. The third-order valence-corrected chi connectivity index (χ3v) is 4.23. The van der Waals surface area contributed by atoms with Crippen molar-refractivity contribution >= 4 is 75.7 Å². The molecule has 0 amide bonds. The summed E-state index contributed by atoms with van der Waals surface area (Å²) in [6, 6.07) is 0.528. The first-order valence-corrected chi connectivity index (χ1v) is 10.2. The zero-order valence-electron chi connectivity index (χ0n) is 12.2. The van der Waals surface area contributed by atoms with E-state index in [9.17, 15) is 19.8 Å². The van der Waals surface area contributed by atoms with Crippen molar-refractivity contribution in [3.05, 3.63) is 0 Å². The molecule has 2 unspecified atom stereocenters. The maximum Gasteiger partial charge on any atom is 2.00 e. The molecule has 1 saturated carbocycles. The van der Waals surface area contributed by atoms with Crippen molar-refractivity contribution in [1.82, 2.24) is 0 Å². The first kappa shape index (κ1) is 29.2. The van der Waals surface area contributed by atoms with Crippen LogP contribution in [0.15, 0.2) is 0 Å². The Kier molecular flexibility index (Phi) is 23.2. The minimum atomic E-state index is -1.16. The van der Waals surface area contributed by atoms with Gasteiger partial charge in [-0.1, -0.05) is 89.4 Å². The number of hydrogen-bond donors (Lipinski definition) is 2. The number of alkyl halides is 4. The summed E-state index contributed by atoms with van der Waals surface area (Å²) in [4.78, 5) is 19.0. The van der Waals surface area contributed by atoms with E-state index >= 15 is 0 Å². The van der Waals surface area contributed by atoms with Crippen LogP contribution in [0.1, 0.15) is 38.5 Å². The van der Waals surface area contributed by atoms with Crippen LogP contribution in [0, 0.1) is 0 Å². The van der Waals surface area contributed by atoms with Crippen molar-refractivity contribution in [1.29, 1.82) is 0 Å². The molecule has 6 nitrogen and oxygen atoms in total. The fourth-order valence-electron chi connectivity index (χ4n) is 1.54. The minimum Gasteiger partial charge on any atom is -0.548 e. The monoisotopic (exact) mass is 767 g/mol. The Morgan fingerprint density at radius 2 is 1.00 bits per heavy atom. The van der Waals surface area contributed by atoms with Gasteiger partial charge in [0.2, 0.25) is 0 Å². The number of aliphatic carboxylic acids is 2. The number of carbonyl (C=O) groups is 2. The van der Waals surface area contributed by atoms with E-state index in [0.29, 0.717) is 0 Å². The van der Waals surface area contributed by atoms with E-state index in [4.69, 9.17) is 11.5 Å². The van der Waals surface area contributed by atoms with Crippen LogP contribution < -0.4 is 21.7 Å². The summed E-state index contributed by atoms with van der Waals surface area (Å²) in [5, 5.41) is 19.0. The van der Waals surface area contributed by atoms with E-state index < -0.39 is 19.4 Å². The standard InChI is InChI=1S/C8H18N2.2C2H2Br2O2.Pt/c9-7-5-3-1-2-4-6-8(7)10;2*3-1(4)2(5)6;/h7-8H,1-6,9-10H2;2*1H,(H,5,6);/q;;;+2/p-2. The first-order chi connectivity index (χ1) is 10.1. The van der Waals surface area contributed by atoms with Gasteiger partial charge in [-0.3, -0.25) is 0 Å². The molecule has 4 N–H and O–H groups in total. The molecule has 0 aliphatic heterocycles. The summed E-state index contributed by atoms with van der Waals surface area (Å²) in [6.45, 7) is 0. The van der Waals surface area contributed by atoms with Crippen LogP contribution in [0.25, 0.3) is 0 Å². The van der Waals surface area contributed by atoms with Crippen LogP contribution >= 0.6 is 63.7 Å². The van der Waals surface area contributed by atoms with E-state index in [0.717, 1.165) is 12.8 Å². The molecule has 0 heterocycles. The predicted molar refractivity (Wildman–Crippen MR) is 97.0 cm³/mol. The van der Waals surface area contributed by atoms with Gasteiger partial charge in [-0.25, -0.2) is 0 Å². The van der Waals surface area contributed by atoms with Gasteiger partial charge in [0.05, 0.1) is 11.9 Å². The molecule has 140 valence electrons. The summed E-state index contributed by atoms with van der Waals surface area (Å²) < 4.78 is -1.44. The summed E-state index contributed by atoms with van der Waals surface area (Å²) in [5.41, 5.74) is 11.6. The Bertz CT molecular complexity index is 295. The Hall–Kier alpha value is 1.47. The third kappa shape index (κ3) is 21.4. The summed E-state index contributed by atoms with van der Waals surface area (Å²) in [6.07, 6.45) is 7.49. The molecule has 0 aromatic rings. The van der Waals surface area contributed by atoms with Crippen molar-refractivity contribution in [2.45, 2.75) is 58.1 Å². The normalized spacial score (nSPS) is 20.7. The topological polar surface area (TPSA) is 132 Å². The maximum absolute atomic E-state index is 9.49. The zero-order chi connectivity index (χ0) is 17.7. The maximum atomic E-state index is 9.49. The van der Waals surface area contributed by atoms with Crippen molar-refractivity contribution in [3.63, 3.8) is 0 Å². The van der Waals surface area contributed by atoms with Crippen molar-refractivity contribution in [2.75, 3.05) is 0 Å². The summed E-state index contributed by atoms with van der Waals surface area (Å²) >= 11 is 10.8. The number of rotatable bonds is 2. The van der Waals surface area contributed by atoms with Crippen LogP contribution in [-0.4, -0.2) is 31.5 Å². The quantitative estimate of drug-likeness (QED) is 0.398. The molecule has 1 rings (SSSR count). The Morgan fingerprint density at radius 1 is 0.783 bits per heavy atom. The molecule has 0 spiro atoms. The van der Waals surface area contributed by atoms with Crippen LogP contribution in [0.2, 0.25) is 0 Å². The Labute approximate surface area is 184 Å². The van der Waals surface area contributed by atoms with Gasteiger partial charge in [0, 0.05) is 12.1 Å². The molecule has 1 aliphatic rings. The molecule has 2 atom stereocenters. The summed E-state index contributed by atoms with van der Waals surface area (Å²) in [5.74, 6) is -2.31. The Morgan fingerprint density at radius 3 is 1.17 bits per heavy atom. The molecular weight excluding hydrogens is 751 g/mol. The van der Waals surface area contributed by atoms with Crippen molar-refractivity contribution < 1.29 is 40.9 Å². The van der Waals surface area contributed by atoms with Crippen molar-refractivity contribution in [2.24, 2.45) is 11.5 Å². The fraction of sp³-hybridized carbons (Fsp3) is 0.833. The number of nitrogens with two attached hydrogens (primary N) is 2. The van der Waals surface area contributed by atoms with E-state index in [1.54, 1.807) is 0 Å². The molecule has 1 fully saturated rings. The van der Waals surface area contributed by atoms with Gasteiger partial charge in [-0.2, -0.15) is 0 Å². The number of hydrogen-bond acceptors (Lipinski definition) is 6. The number of halogens is 4. The molecule has 23 heavy (non-hydrogen) atoms. The molecule has 0 bridgehead atoms. The number of carboxylic acids is 2. The van der Waals surface area contributed by atoms with Crippen LogP contribution in [0.4, 0.5) is 0 Å².